The van der Waals surface area contributed by atoms with Gasteiger partial charge in [-0.1, -0.05) is 6.07 Å². The van der Waals surface area contributed by atoms with Gasteiger partial charge in [-0.15, -0.1) is 0 Å². The molecule has 0 atom stereocenters. The number of hydrogen-bond donors (Lipinski definition) is 1. The van der Waals surface area contributed by atoms with E-state index in [9.17, 15) is 0 Å². The summed E-state index contributed by atoms with van der Waals surface area (Å²) in [6, 6.07) is 7.76. The van der Waals surface area contributed by atoms with Crippen molar-refractivity contribution < 1.29 is 4.74 Å². The lowest BCUT2D eigenvalue weighted by Gasteiger charge is -2.07. The number of methoxy groups -OCH3 is 1. The molecular formula is C12H16N2OS. The third kappa shape index (κ3) is 3.76. The fourth-order valence-electron chi connectivity index (χ4n) is 1.34. The van der Waals surface area contributed by atoms with Gasteiger partial charge in [0.25, 0.3) is 0 Å². The molecule has 1 aromatic rings. The molecule has 0 fully saturated rings. The highest BCUT2D eigenvalue weighted by molar-refractivity contribution is 7.98. The smallest absolute Gasteiger partial charge is 0.136 e. The van der Waals surface area contributed by atoms with E-state index < -0.39 is 0 Å². The molecule has 0 unspecified atom stereocenters. The number of nitrogens with one attached hydrogen (secondary N) is 1. The summed E-state index contributed by atoms with van der Waals surface area (Å²) in [7, 11) is 1.58. The van der Waals surface area contributed by atoms with Crippen molar-refractivity contribution in [3.63, 3.8) is 0 Å². The van der Waals surface area contributed by atoms with Crippen LogP contribution in [0.25, 0.3) is 0 Å². The number of nitrogens with zero attached hydrogens (tertiary/aromatic N) is 1. The van der Waals surface area contributed by atoms with E-state index in [0.29, 0.717) is 11.3 Å². The second kappa shape index (κ2) is 7.15. The lowest BCUT2D eigenvalue weighted by Crippen LogP contribution is -2.16. The van der Waals surface area contributed by atoms with E-state index in [1.165, 1.54) is 0 Å². The maximum atomic E-state index is 8.84. The Labute approximate surface area is 101 Å². The van der Waals surface area contributed by atoms with Crippen LogP contribution < -0.4 is 10.1 Å². The Kier molecular flexibility index (Phi) is 5.76. The van der Waals surface area contributed by atoms with Crippen molar-refractivity contribution in [1.82, 2.24) is 5.32 Å². The van der Waals surface area contributed by atoms with Crippen molar-refractivity contribution in [3.8, 4) is 11.8 Å². The van der Waals surface area contributed by atoms with Gasteiger partial charge < -0.3 is 10.1 Å². The molecule has 3 nitrogen and oxygen atoms in total. The van der Waals surface area contributed by atoms with Gasteiger partial charge in [-0.25, -0.2) is 0 Å². The van der Waals surface area contributed by atoms with E-state index >= 15 is 0 Å². The summed E-state index contributed by atoms with van der Waals surface area (Å²) < 4.78 is 5.15. The minimum Gasteiger partial charge on any atom is -0.495 e. The number of hydrogen-bond acceptors (Lipinski definition) is 4. The standard InChI is InChI=1S/C12H16N2OS/c1-15-12-7-10(3-4-11(12)8-13)9-14-5-6-16-2/h3-4,7,14H,5-6,9H2,1-2H3. The molecule has 86 valence electrons. The average molecular weight is 236 g/mol. The van der Waals surface area contributed by atoms with Crippen LogP contribution in [0, 0.1) is 11.3 Å². The molecule has 1 rings (SSSR count). The fourth-order valence-corrected chi connectivity index (χ4v) is 1.69. The molecule has 0 saturated heterocycles. The van der Waals surface area contributed by atoms with Gasteiger partial charge in [0.15, 0.2) is 0 Å². The van der Waals surface area contributed by atoms with Crippen molar-refractivity contribution >= 4 is 11.8 Å². The molecule has 0 aliphatic heterocycles. The highest BCUT2D eigenvalue weighted by atomic mass is 32.2. The SMILES string of the molecule is COc1cc(CNCCSC)ccc1C#N. The van der Waals surface area contributed by atoms with Crippen LogP contribution in [-0.2, 0) is 6.54 Å². The van der Waals surface area contributed by atoms with Crippen molar-refractivity contribution in [2.75, 3.05) is 25.7 Å². The predicted molar refractivity (Wildman–Crippen MR) is 67.8 cm³/mol. The highest BCUT2D eigenvalue weighted by Crippen LogP contribution is 2.18. The average Bonchev–Trinajstić information content (AvgIpc) is 2.34. The van der Waals surface area contributed by atoms with Gasteiger partial charge in [0, 0.05) is 18.8 Å². The Balaban J connectivity index is 2.58. The quantitative estimate of drug-likeness (QED) is 0.768. The Hall–Kier alpha value is -1.18. The van der Waals surface area contributed by atoms with E-state index in [0.717, 1.165) is 24.4 Å². The van der Waals surface area contributed by atoms with Gasteiger partial charge >= 0.3 is 0 Å². The van der Waals surface area contributed by atoms with Crippen molar-refractivity contribution in [2.24, 2.45) is 0 Å². The Morgan fingerprint density at radius 3 is 2.94 bits per heavy atom. The molecule has 0 aliphatic carbocycles. The van der Waals surface area contributed by atoms with Crippen LogP contribution in [0.4, 0.5) is 0 Å². The molecule has 0 bridgehead atoms. The predicted octanol–water partition coefficient (Wildman–Crippen LogP) is 2.02. The number of thioether (sulfide) groups is 1. The first-order valence-corrected chi connectivity index (χ1v) is 6.48. The van der Waals surface area contributed by atoms with Gasteiger partial charge in [-0.05, 0) is 24.0 Å². The largest absolute Gasteiger partial charge is 0.495 e. The molecule has 4 heteroatoms. The van der Waals surface area contributed by atoms with Crippen LogP contribution >= 0.6 is 11.8 Å². The number of benzene rings is 1. The molecule has 0 amide bonds. The number of nitriles is 1. The third-order valence-electron chi connectivity index (χ3n) is 2.20. The molecule has 0 heterocycles. The molecule has 0 radical (unpaired) electrons. The molecule has 0 aliphatic rings. The minimum absolute atomic E-state index is 0.579. The first-order chi connectivity index (χ1) is 7.81. The minimum atomic E-state index is 0.579. The number of ether oxygens (including phenoxy) is 1. The van der Waals surface area contributed by atoms with Crippen molar-refractivity contribution in [3.05, 3.63) is 29.3 Å². The Morgan fingerprint density at radius 2 is 2.31 bits per heavy atom. The molecule has 0 saturated carbocycles. The molecule has 1 aromatic carbocycles. The topological polar surface area (TPSA) is 45.0 Å². The van der Waals surface area contributed by atoms with E-state index in [1.54, 1.807) is 13.2 Å². The van der Waals surface area contributed by atoms with E-state index in [4.69, 9.17) is 10.00 Å². The second-order valence-electron chi connectivity index (χ2n) is 3.32. The van der Waals surface area contributed by atoms with Crippen LogP contribution in [0.1, 0.15) is 11.1 Å². The summed E-state index contributed by atoms with van der Waals surface area (Å²) in [5, 5.41) is 12.2. The van der Waals surface area contributed by atoms with Crippen LogP contribution in [0.5, 0.6) is 5.75 Å². The first kappa shape index (κ1) is 12.9. The van der Waals surface area contributed by atoms with Crippen LogP contribution in [0.2, 0.25) is 0 Å². The zero-order valence-corrected chi connectivity index (χ0v) is 10.4. The molecule has 0 spiro atoms. The van der Waals surface area contributed by atoms with Gasteiger partial charge in [0.05, 0.1) is 12.7 Å². The molecule has 16 heavy (non-hydrogen) atoms. The van der Waals surface area contributed by atoms with Crippen LogP contribution in [-0.4, -0.2) is 25.7 Å². The maximum Gasteiger partial charge on any atom is 0.136 e. The summed E-state index contributed by atoms with van der Waals surface area (Å²) in [5.74, 6) is 1.75. The van der Waals surface area contributed by atoms with Gasteiger partial charge in [-0.3, -0.25) is 0 Å². The lowest BCUT2D eigenvalue weighted by atomic mass is 10.1. The molecule has 0 aromatic heterocycles. The van der Waals surface area contributed by atoms with Gasteiger partial charge in [0.1, 0.15) is 11.8 Å². The highest BCUT2D eigenvalue weighted by Gasteiger charge is 2.02. The van der Waals surface area contributed by atoms with Gasteiger partial charge in [-0.2, -0.15) is 17.0 Å². The van der Waals surface area contributed by atoms with Crippen molar-refractivity contribution in [1.29, 1.82) is 5.26 Å². The summed E-state index contributed by atoms with van der Waals surface area (Å²) in [5.41, 5.74) is 1.72. The Morgan fingerprint density at radius 1 is 1.50 bits per heavy atom. The van der Waals surface area contributed by atoms with E-state index in [-0.39, 0.29) is 0 Å². The first-order valence-electron chi connectivity index (χ1n) is 5.08. The lowest BCUT2D eigenvalue weighted by molar-refractivity contribution is 0.412. The fraction of sp³-hybridized carbons (Fsp3) is 0.417. The zero-order chi connectivity index (χ0) is 11.8. The Bertz CT molecular complexity index is 374. The van der Waals surface area contributed by atoms with Crippen molar-refractivity contribution in [2.45, 2.75) is 6.54 Å². The maximum absolute atomic E-state index is 8.84. The van der Waals surface area contributed by atoms with Crippen LogP contribution in [0.15, 0.2) is 18.2 Å². The third-order valence-corrected chi connectivity index (χ3v) is 2.81. The molecule has 1 N–H and O–H groups in total. The molecular weight excluding hydrogens is 220 g/mol. The summed E-state index contributed by atoms with van der Waals surface area (Å²) in [6.45, 7) is 1.80. The monoisotopic (exact) mass is 236 g/mol. The zero-order valence-electron chi connectivity index (χ0n) is 9.62. The summed E-state index contributed by atoms with van der Waals surface area (Å²) in [4.78, 5) is 0. The second-order valence-corrected chi connectivity index (χ2v) is 4.30. The normalized spacial score (nSPS) is 9.81. The summed E-state index contributed by atoms with van der Waals surface area (Å²) >= 11 is 1.82. The van der Waals surface area contributed by atoms with E-state index in [1.807, 2.05) is 23.9 Å². The number of rotatable bonds is 6. The van der Waals surface area contributed by atoms with E-state index in [2.05, 4.69) is 17.6 Å². The van der Waals surface area contributed by atoms with Crippen LogP contribution in [0.3, 0.4) is 0 Å². The van der Waals surface area contributed by atoms with Gasteiger partial charge in [0.2, 0.25) is 0 Å². The summed E-state index contributed by atoms with van der Waals surface area (Å²) in [6.07, 6.45) is 2.09.